The summed E-state index contributed by atoms with van der Waals surface area (Å²) in [6.07, 6.45) is 1.80. The number of aromatic nitrogens is 1. The molecule has 0 radical (unpaired) electrons. The van der Waals surface area contributed by atoms with Crippen molar-refractivity contribution >= 4 is 50.0 Å². The molecule has 1 aliphatic heterocycles. The van der Waals surface area contributed by atoms with Crippen molar-refractivity contribution < 1.29 is 17.9 Å². The van der Waals surface area contributed by atoms with E-state index in [1.165, 1.54) is 16.4 Å². The third-order valence-electron chi connectivity index (χ3n) is 6.83. The normalized spacial score (nSPS) is 16.1. The number of hydrogen-bond acceptors (Lipinski definition) is 6. The maximum Gasteiger partial charge on any atom is 0.245 e. The van der Waals surface area contributed by atoms with Crippen molar-refractivity contribution in [3.05, 3.63) is 63.3 Å². The third kappa shape index (κ3) is 6.49. The van der Waals surface area contributed by atoms with Crippen LogP contribution >= 0.6 is 23.2 Å². The highest BCUT2D eigenvalue weighted by Crippen LogP contribution is 2.36. The Morgan fingerprint density at radius 3 is 2.74 bits per heavy atom. The topological polar surface area (TPSA) is 101 Å². The molecule has 0 saturated carbocycles. The summed E-state index contributed by atoms with van der Waals surface area (Å²) >= 11 is 13.1. The van der Waals surface area contributed by atoms with Gasteiger partial charge in [-0.25, -0.2) is 13.4 Å². The minimum atomic E-state index is -4.07. The predicted molar refractivity (Wildman–Crippen MR) is 155 cm³/mol. The molecule has 3 aromatic rings. The molecule has 2 heterocycles. The van der Waals surface area contributed by atoms with Crippen LogP contribution in [0.4, 0.5) is 0 Å². The number of carbonyl (C=O) groups excluding carboxylic acids is 1. The fraction of sp³-hybridized carbons (Fsp3) is 0.429. The summed E-state index contributed by atoms with van der Waals surface area (Å²) in [4.78, 5) is 17.4. The highest BCUT2D eigenvalue weighted by Gasteiger charge is 2.40. The zero-order valence-electron chi connectivity index (χ0n) is 22.4. The third-order valence-corrected chi connectivity index (χ3v) is 9.68. The van der Waals surface area contributed by atoms with E-state index in [0.29, 0.717) is 36.2 Å². The molecule has 0 spiro atoms. The molecule has 1 aliphatic rings. The van der Waals surface area contributed by atoms with E-state index in [4.69, 9.17) is 27.9 Å². The predicted octanol–water partition coefficient (Wildman–Crippen LogP) is 5.01. The number of para-hydroxylation sites is 1. The summed E-state index contributed by atoms with van der Waals surface area (Å²) in [6, 6.07) is 9.77. The van der Waals surface area contributed by atoms with Crippen molar-refractivity contribution in [2.24, 2.45) is 0 Å². The van der Waals surface area contributed by atoms with Crippen molar-refractivity contribution in [3.8, 4) is 5.75 Å². The van der Waals surface area contributed by atoms with E-state index < -0.39 is 16.1 Å². The lowest BCUT2D eigenvalue weighted by molar-refractivity contribution is -0.124. The minimum Gasteiger partial charge on any atom is -0.487 e. The average molecular weight is 594 g/mol. The largest absolute Gasteiger partial charge is 0.487 e. The van der Waals surface area contributed by atoms with Gasteiger partial charge in [-0.05, 0) is 76.0 Å². The molecule has 4 rings (SSSR count). The van der Waals surface area contributed by atoms with Gasteiger partial charge < -0.3 is 15.4 Å². The Bertz CT molecular complexity index is 1470. The van der Waals surface area contributed by atoms with Crippen LogP contribution in [-0.4, -0.2) is 55.8 Å². The first-order valence-electron chi connectivity index (χ1n) is 13.1. The SMILES string of the molecule is CCNCCCNC(=O)C1CCCN1S(=O)(=O)c1ccc(Cl)c(COc2cccc3c(C)cc(C)nc23)c1Cl. The van der Waals surface area contributed by atoms with Crippen LogP contribution in [0.15, 0.2) is 41.3 Å². The van der Waals surface area contributed by atoms with Crippen molar-refractivity contribution in [1.29, 1.82) is 0 Å². The van der Waals surface area contributed by atoms with Crippen molar-refractivity contribution in [2.45, 2.75) is 57.6 Å². The Hall–Kier alpha value is -2.43. The quantitative estimate of drug-likeness (QED) is 0.304. The number of nitrogens with one attached hydrogen (secondary N) is 2. The Kier molecular flexibility index (Phi) is 9.72. The number of halogens is 2. The van der Waals surface area contributed by atoms with Crippen molar-refractivity contribution in [2.75, 3.05) is 26.2 Å². The standard InChI is InChI=1S/C28H34Cl2N4O4S/c1-4-31-13-7-14-32-28(35)23-9-6-15-34(23)39(36,37)25-12-11-22(29)21(26(25)30)17-38-24-10-5-8-20-18(2)16-19(3)33-27(20)24/h5,8,10-12,16,23,31H,4,6-7,9,13-15,17H2,1-3H3,(H,32,35). The molecule has 1 unspecified atom stereocenters. The molecule has 1 fully saturated rings. The minimum absolute atomic E-state index is 0.0141. The van der Waals surface area contributed by atoms with E-state index in [1.54, 1.807) is 0 Å². The first-order chi connectivity index (χ1) is 18.6. The van der Waals surface area contributed by atoms with Crippen LogP contribution in [0.5, 0.6) is 5.75 Å². The summed E-state index contributed by atoms with van der Waals surface area (Å²) in [6.45, 7) is 8.24. The fourth-order valence-electron chi connectivity index (χ4n) is 4.87. The van der Waals surface area contributed by atoms with Crippen molar-refractivity contribution in [1.82, 2.24) is 19.9 Å². The maximum atomic E-state index is 13.7. The van der Waals surface area contributed by atoms with Gasteiger partial charge in [-0.3, -0.25) is 4.79 Å². The number of carbonyl (C=O) groups is 1. The number of ether oxygens (including phenoxy) is 1. The Balaban J connectivity index is 1.56. The highest BCUT2D eigenvalue weighted by molar-refractivity contribution is 7.89. The maximum absolute atomic E-state index is 13.7. The molecule has 210 valence electrons. The van der Waals surface area contributed by atoms with Gasteiger partial charge in [0.05, 0.1) is 5.02 Å². The van der Waals surface area contributed by atoms with Gasteiger partial charge in [0.1, 0.15) is 28.8 Å². The van der Waals surface area contributed by atoms with E-state index in [9.17, 15) is 13.2 Å². The molecule has 39 heavy (non-hydrogen) atoms. The number of amides is 1. The second-order valence-electron chi connectivity index (χ2n) is 9.63. The van der Waals surface area contributed by atoms with E-state index in [0.717, 1.165) is 36.2 Å². The molecule has 1 amide bonds. The highest BCUT2D eigenvalue weighted by atomic mass is 35.5. The number of pyridine rings is 1. The fourth-order valence-corrected chi connectivity index (χ4v) is 7.39. The van der Waals surface area contributed by atoms with Gasteiger partial charge in [0.15, 0.2) is 0 Å². The number of fused-ring (bicyclic) bond motifs is 1. The molecule has 1 atom stereocenters. The first-order valence-corrected chi connectivity index (χ1v) is 15.3. The summed E-state index contributed by atoms with van der Waals surface area (Å²) in [5.74, 6) is 0.250. The van der Waals surface area contributed by atoms with Gasteiger partial charge in [-0.2, -0.15) is 4.31 Å². The molecule has 0 aliphatic carbocycles. The molecule has 2 N–H and O–H groups in total. The van der Waals surface area contributed by atoms with E-state index in [2.05, 4.69) is 15.6 Å². The number of nitrogens with zero attached hydrogens (tertiary/aromatic N) is 2. The lowest BCUT2D eigenvalue weighted by atomic mass is 10.1. The van der Waals surface area contributed by atoms with Crippen LogP contribution in [0.2, 0.25) is 10.0 Å². The second-order valence-corrected chi connectivity index (χ2v) is 12.3. The molecule has 2 aromatic carbocycles. The molecule has 0 bridgehead atoms. The van der Waals surface area contributed by atoms with Crippen molar-refractivity contribution in [3.63, 3.8) is 0 Å². The molecular weight excluding hydrogens is 559 g/mol. The molecule has 8 nitrogen and oxygen atoms in total. The zero-order valence-corrected chi connectivity index (χ0v) is 24.7. The van der Waals surface area contributed by atoms with Gasteiger partial charge >= 0.3 is 0 Å². The lowest BCUT2D eigenvalue weighted by Gasteiger charge is -2.24. The van der Waals surface area contributed by atoms with E-state index in [-0.39, 0.29) is 34.0 Å². The summed E-state index contributed by atoms with van der Waals surface area (Å²) in [5, 5.41) is 7.31. The number of benzene rings is 2. The molecule has 11 heteroatoms. The monoisotopic (exact) mass is 592 g/mol. The summed E-state index contributed by atoms with van der Waals surface area (Å²) in [7, 11) is -4.07. The van der Waals surface area contributed by atoms with Crippen LogP contribution < -0.4 is 15.4 Å². The Morgan fingerprint density at radius 1 is 1.18 bits per heavy atom. The summed E-state index contributed by atoms with van der Waals surface area (Å²) in [5.41, 5.74) is 3.00. The Labute approximate surface area is 240 Å². The van der Waals surface area contributed by atoms with Gasteiger partial charge in [-0.15, -0.1) is 0 Å². The molecule has 1 aromatic heterocycles. The van der Waals surface area contributed by atoms with Crippen LogP contribution in [0.1, 0.15) is 43.0 Å². The molecular formula is C28H34Cl2N4O4S. The van der Waals surface area contributed by atoms with Crippen LogP contribution in [-0.2, 0) is 21.4 Å². The number of hydrogen-bond donors (Lipinski definition) is 2. The first kappa shape index (κ1) is 29.6. The van der Waals surface area contributed by atoms with Crippen LogP contribution in [0.25, 0.3) is 10.9 Å². The smallest absolute Gasteiger partial charge is 0.245 e. The zero-order chi connectivity index (χ0) is 28.2. The van der Waals surface area contributed by atoms with Gasteiger partial charge in [0.25, 0.3) is 0 Å². The number of aryl methyl sites for hydroxylation is 2. The van der Waals surface area contributed by atoms with Crippen LogP contribution in [0, 0.1) is 13.8 Å². The van der Waals surface area contributed by atoms with Crippen LogP contribution in [0.3, 0.4) is 0 Å². The van der Waals surface area contributed by atoms with Gasteiger partial charge in [0, 0.05) is 34.8 Å². The molecule has 1 saturated heterocycles. The summed E-state index contributed by atoms with van der Waals surface area (Å²) < 4.78 is 34.8. The Morgan fingerprint density at radius 2 is 1.97 bits per heavy atom. The second kappa shape index (κ2) is 12.8. The van der Waals surface area contributed by atoms with E-state index >= 15 is 0 Å². The average Bonchev–Trinajstić information content (AvgIpc) is 3.40. The lowest BCUT2D eigenvalue weighted by Crippen LogP contribution is -2.46. The van der Waals surface area contributed by atoms with Gasteiger partial charge in [0.2, 0.25) is 15.9 Å². The number of rotatable bonds is 11. The number of sulfonamides is 1. The van der Waals surface area contributed by atoms with E-state index in [1.807, 2.05) is 45.0 Å². The van der Waals surface area contributed by atoms with Gasteiger partial charge in [-0.1, -0.05) is 42.3 Å².